The van der Waals surface area contributed by atoms with Crippen molar-refractivity contribution >= 4 is 33.5 Å². The summed E-state index contributed by atoms with van der Waals surface area (Å²) in [4.78, 5) is 17.3. The quantitative estimate of drug-likeness (QED) is 0.331. The highest BCUT2D eigenvalue weighted by atomic mass is 79.9. The first kappa shape index (κ1) is 18.9. The second-order valence-corrected chi connectivity index (χ2v) is 8.63. The molecule has 1 aliphatic carbocycles. The third-order valence-corrected chi connectivity index (χ3v) is 6.21. The molecule has 0 atom stereocenters. The van der Waals surface area contributed by atoms with E-state index in [9.17, 15) is 10.1 Å². The Hall–Kier alpha value is -2.42. The van der Waals surface area contributed by atoms with Crippen molar-refractivity contribution < 1.29 is 4.79 Å². The molecule has 0 radical (unpaired) electrons. The van der Waals surface area contributed by atoms with E-state index in [4.69, 9.17) is 4.98 Å². The molecule has 138 valence electrons. The van der Waals surface area contributed by atoms with Gasteiger partial charge in [-0.25, -0.2) is 4.98 Å². The number of ketones is 1. The predicted octanol–water partition coefficient (Wildman–Crippen LogP) is 6.24. The highest BCUT2D eigenvalue weighted by molar-refractivity contribution is 9.10. The lowest BCUT2D eigenvalue weighted by molar-refractivity contribution is 0.102. The van der Waals surface area contributed by atoms with Gasteiger partial charge in [0, 0.05) is 27.2 Å². The molecule has 0 N–H and O–H groups in total. The molecule has 0 unspecified atom stereocenters. The highest BCUT2D eigenvalue weighted by Crippen LogP contribution is 2.42. The Morgan fingerprint density at radius 3 is 2.50 bits per heavy atom. The van der Waals surface area contributed by atoms with E-state index in [0.717, 1.165) is 34.1 Å². The molecule has 4 rings (SSSR count). The van der Waals surface area contributed by atoms with Gasteiger partial charge in [0.2, 0.25) is 0 Å². The van der Waals surface area contributed by atoms with Gasteiger partial charge in [0.15, 0.2) is 5.78 Å². The van der Waals surface area contributed by atoms with Crippen LogP contribution >= 0.6 is 27.7 Å². The number of benzene rings is 2. The van der Waals surface area contributed by atoms with Crippen molar-refractivity contribution in [2.24, 2.45) is 0 Å². The monoisotopic (exact) mass is 448 g/mol. The lowest BCUT2D eigenvalue weighted by atomic mass is 10.0. The van der Waals surface area contributed by atoms with E-state index in [0.29, 0.717) is 22.1 Å². The summed E-state index contributed by atoms with van der Waals surface area (Å²) in [5.74, 6) is 0.768. The molecule has 1 aromatic heterocycles. The number of aromatic nitrogens is 1. The summed E-state index contributed by atoms with van der Waals surface area (Å²) in [7, 11) is 0. The number of nitrogens with zero attached hydrogens (tertiary/aromatic N) is 2. The van der Waals surface area contributed by atoms with Gasteiger partial charge in [-0.3, -0.25) is 4.79 Å². The van der Waals surface area contributed by atoms with E-state index < -0.39 is 0 Å². The first-order valence-electron chi connectivity index (χ1n) is 9.07. The normalized spacial score (nSPS) is 13.1. The van der Waals surface area contributed by atoms with Crippen molar-refractivity contribution in [2.75, 3.05) is 5.75 Å². The lowest BCUT2D eigenvalue weighted by Crippen LogP contribution is -2.04. The number of halogens is 1. The van der Waals surface area contributed by atoms with Gasteiger partial charge in [0.25, 0.3) is 0 Å². The number of hydrogen-bond acceptors (Lipinski definition) is 4. The molecule has 1 aliphatic rings. The summed E-state index contributed by atoms with van der Waals surface area (Å²) in [6.07, 6.45) is 2.26. The Morgan fingerprint density at radius 1 is 1.14 bits per heavy atom. The minimum atomic E-state index is 0.0401. The van der Waals surface area contributed by atoms with Crippen LogP contribution < -0.4 is 0 Å². The highest BCUT2D eigenvalue weighted by Gasteiger charge is 2.27. The molecule has 5 heteroatoms. The van der Waals surface area contributed by atoms with Crippen LogP contribution in [0.3, 0.4) is 0 Å². The minimum absolute atomic E-state index is 0.0401. The smallest absolute Gasteiger partial charge is 0.173 e. The number of pyridine rings is 1. The Kier molecular flexibility index (Phi) is 5.61. The van der Waals surface area contributed by atoms with Gasteiger partial charge in [-0.2, -0.15) is 5.26 Å². The summed E-state index contributed by atoms with van der Waals surface area (Å²) in [6.45, 7) is 0. The third kappa shape index (κ3) is 4.19. The van der Waals surface area contributed by atoms with Gasteiger partial charge >= 0.3 is 0 Å². The van der Waals surface area contributed by atoms with Gasteiger partial charge in [-0.05, 0) is 36.6 Å². The SMILES string of the molecule is N#Cc1c(-c2ccc(Br)cc2)cc(C2CC2)nc1SCC(=O)c1ccccc1. The topological polar surface area (TPSA) is 53.8 Å². The molecule has 1 fully saturated rings. The van der Waals surface area contributed by atoms with Crippen LogP contribution in [0.4, 0.5) is 0 Å². The fraction of sp³-hybridized carbons (Fsp3) is 0.174. The molecule has 3 aromatic rings. The summed E-state index contributed by atoms with van der Waals surface area (Å²) < 4.78 is 0.995. The van der Waals surface area contributed by atoms with E-state index in [-0.39, 0.29) is 11.5 Å². The molecule has 28 heavy (non-hydrogen) atoms. The van der Waals surface area contributed by atoms with E-state index in [2.05, 4.69) is 22.0 Å². The van der Waals surface area contributed by atoms with Crippen LogP contribution in [0.2, 0.25) is 0 Å². The van der Waals surface area contributed by atoms with Gasteiger partial charge in [0.05, 0.1) is 11.3 Å². The first-order chi connectivity index (χ1) is 13.7. The van der Waals surface area contributed by atoms with Crippen molar-refractivity contribution in [1.29, 1.82) is 5.26 Å². The predicted molar refractivity (Wildman–Crippen MR) is 116 cm³/mol. The molecular formula is C23H17BrN2OS. The summed E-state index contributed by atoms with van der Waals surface area (Å²) in [5.41, 5.74) is 4.12. The Labute approximate surface area is 176 Å². The average Bonchev–Trinajstić information content (AvgIpc) is 3.58. The molecule has 0 aliphatic heterocycles. The molecule has 0 amide bonds. The van der Waals surface area contributed by atoms with Gasteiger partial charge < -0.3 is 0 Å². The molecule has 1 saturated carbocycles. The molecule has 2 aromatic carbocycles. The maximum atomic E-state index is 12.5. The van der Waals surface area contributed by atoms with Crippen LogP contribution in [-0.2, 0) is 0 Å². The summed E-state index contributed by atoms with van der Waals surface area (Å²) >= 11 is 4.81. The van der Waals surface area contributed by atoms with E-state index in [1.165, 1.54) is 11.8 Å². The fourth-order valence-electron chi connectivity index (χ4n) is 3.04. The van der Waals surface area contributed by atoms with Gasteiger partial charge in [-0.15, -0.1) is 0 Å². The van der Waals surface area contributed by atoms with E-state index in [1.807, 2.05) is 60.7 Å². The second-order valence-electron chi connectivity index (χ2n) is 6.75. The minimum Gasteiger partial charge on any atom is -0.293 e. The van der Waals surface area contributed by atoms with Crippen LogP contribution in [-0.4, -0.2) is 16.5 Å². The first-order valence-corrected chi connectivity index (χ1v) is 10.9. The molecule has 0 spiro atoms. The number of Topliss-reactive ketones (excluding diaryl/α,β-unsaturated/α-hetero) is 1. The van der Waals surface area contributed by atoms with Gasteiger partial charge in [0.1, 0.15) is 11.1 Å². The Morgan fingerprint density at radius 2 is 1.86 bits per heavy atom. The van der Waals surface area contributed by atoms with Crippen molar-refractivity contribution in [3.05, 3.63) is 82.0 Å². The number of hydrogen-bond donors (Lipinski definition) is 0. The van der Waals surface area contributed by atoms with Gasteiger partial charge in [-0.1, -0.05) is 70.2 Å². The van der Waals surface area contributed by atoms with Crippen LogP contribution in [0.15, 0.2) is 70.2 Å². The van der Waals surface area contributed by atoms with Crippen LogP contribution in [0, 0.1) is 11.3 Å². The average molecular weight is 449 g/mol. The van der Waals surface area contributed by atoms with E-state index in [1.54, 1.807) is 0 Å². The molecule has 0 saturated heterocycles. The molecule has 1 heterocycles. The van der Waals surface area contributed by atoms with E-state index >= 15 is 0 Å². The Balaban J connectivity index is 1.68. The second kappa shape index (κ2) is 8.30. The standard InChI is InChI=1S/C23H17BrN2OS/c24-18-10-8-15(9-11-18)19-12-21(16-6-7-16)26-23(20(19)13-25)28-14-22(27)17-4-2-1-3-5-17/h1-5,8-12,16H,6-7,14H2. The molecular weight excluding hydrogens is 432 g/mol. The summed E-state index contributed by atoms with van der Waals surface area (Å²) in [6, 6.07) is 21.5. The van der Waals surface area contributed by atoms with Crippen molar-refractivity contribution in [3.8, 4) is 17.2 Å². The number of rotatable bonds is 6. The van der Waals surface area contributed by atoms with Crippen LogP contribution in [0.1, 0.15) is 40.4 Å². The maximum absolute atomic E-state index is 12.5. The largest absolute Gasteiger partial charge is 0.293 e. The third-order valence-electron chi connectivity index (χ3n) is 4.70. The lowest BCUT2D eigenvalue weighted by Gasteiger charge is -2.12. The zero-order valence-electron chi connectivity index (χ0n) is 15.1. The zero-order chi connectivity index (χ0) is 19.5. The van der Waals surface area contributed by atoms with Crippen LogP contribution in [0.5, 0.6) is 0 Å². The number of carbonyl (C=O) groups excluding carboxylic acids is 1. The van der Waals surface area contributed by atoms with Crippen LogP contribution in [0.25, 0.3) is 11.1 Å². The summed E-state index contributed by atoms with van der Waals surface area (Å²) in [5, 5.41) is 10.5. The maximum Gasteiger partial charge on any atom is 0.173 e. The number of carbonyl (C=O) groups is 1. The number of nitriles is 1. The fourth-order valence-corrected chi connectivity index (χ4v) is 4.21. The molecule has 0 bridgehead atoms. The number of thioether (sulfide) groups is 1. The van der Waals surface area contributed by atoms with Crippen molar-refractivity contribution in [3.63, 3.8) is 0 Å². The zero-order valence-corrected chi connectivity index (χ0v) is 17.5. The molecule has 3 nitrogen and oxygen atoms in total. The van der Waals surface area contributed by atoms with Crippen molar-refractivity contribution in [1.82, 2.24) is 4.98 Å². The Bertz CT molecular complexity index is 1050. The van der Waals surface area contributed by atoms with Crippen molar-refractivity contribution in [2.45, 2.75) is 23.8 Å².